The summed E-state index contributed by atoms with van der Waals surface area (Å²) in [4.78, 5) is 41.9. The number of aromatic amines is 1. The first kappa shape index (κ1) is 20.6. The predicted molar refractivity (Wildman–Crippen MR) is 112 cm³/mol. The number of H-pyrrole nitrogens is 1. The van der Waals surface area contributed by atoms with Gasteiger partial charge in [-0.1, -0.05) is 24.3 Å². The van der Waals surface area contributed by atoms with Gasteiger partial charge in [0.25, 0.3) is 5.56 Å². The average Bonchev–Trinajstić information content (AvgIpc) is 2.91. The molecule has 2 aliphatic rings. The molecule has 0 unspecified atom stereocenters. The maximum absolute atomic E-state index is 12.7. The number of hydrogen-bond acceptors (Lipinski definition) is 5. The molecule has 160 valence electrons. The Morgan fingerprint density at radius 3 is 2.67 bits per heavy atom. The quantitative estimate of drug-likeness (QED) is 0.755. The summed E-state index contributed by atoms with van der Waals surface area (Å²) in [7, 11) is 0. The first-order valence-corrected chi connectivity index (χ1v) is 10.5. The monoisotopic (exact) mass is 412 g/mol. The van der Waals surface area contributed by atoms with Crippen LogP contribution in [0.2, 0.25) is 0 Å². The number of likely N-dealkylation sites (tertiary alicyclic amines) is 1. The number of fused-ring (bicyclic) bond motifs is 1. The van der Waals surface area contributed by atoms with Crippen molar-refractivity contribution in [1.29, 1.82) is 0 Å². The number of nitrogens with zero attached hydrogens (tertiary/aromatic N) is 3. The van der Waals surface area contributed by atoms with Crippen molar-refractivity contribution >= 4 is 5.91 Å². The molecule has 0 radical (unpaired) electrons. The third kappa shape index (κ3) is 4.71. The van der Waals surface area contributed by atoms with Gasteiger partial charge in [-0.25, -0.2) is 4.79 Å². The summed E-state index contributed by atoms with van der Waals surface area (Å²) in [5.74, 6) is -0.180. The van der Waals surface area contributed by atoms with Gasteiger partial charge in [-0.05, 0) is 36.8 Å². The zero-order valence-electron chi connectivity index (χ0n) is 17.0. The molecule has 0 bridgehead atoms. The highest BCUT2D eigenvalue weighted by Crippen LogP contribution is 2.27. The van der Waals surface area contributed by atoms with Gasteiger partial charge in [0.2, 0.25) is 5.91 Å². The van der Waals surface area contributed by atoms with E-state index in [0.717, 1.165) is 19.5 Å². The van der Waals surface area contributed by atoms with Crippen molar-refractivity contribution in [3.63, 3.8) is 0 Å². The second kappa shape index (κ2) is 8.57. The fraction of sp³-hybridized carbons (Fsp3) is 0.500. The molecule has 0 spiro atoms. The second-order valence-electron chi connectivity index (χ2n) is 8.43. The van der Waals surface area contributed by atoms with E-state index < -0.39 is 16.9 Å². The Kier molecular flexibility index (Phi) is 5.87. The molecule has 0 saturated carbocycles. The summed E-state index contributed by atoms with van der Waals surface area (Å²) >= 11 is 0. The number of hydrogen-bond donors (Lipinski definition) is 2. The lowest BCUT2D eigenvalue weighted by Crippen LogP contribution is -2.46. The van der Waals surface area contributed by atoms with E-state index in [1.165, 1.54) is 28.0 Å². The average molecular weight is 412 g/mol. The zero-order valence-corrected chi connectivity index (χ0v) is 17.0. The van der Waals surface area contributed by atoms with Crippen molar-refractivity contribution in [3.05, 3.63) is 68.5 Å². The molecule has 2 aromatic rings. The number of carbonyl (C=O) groups excluding carboxylic acids is 1. The fourth-order valence-electron chi connectivity index (χ4n) is 4.51. The number of aliphatic hydroxyl groups is 1. The topological polar surface area (TPSA) is 98.6 Å². The van der Waals surface area contributed by atoms with Crippen LogP contribution in [0.25, 0.3) is 0 Å². The van der Waals surface area contributed by atoms with Gasteiger partial charge in [0.1, 0.15) is 6.54 Å². The van der Waals surface area contributed by atoms with Gasteiger partial charge in [-0.3, -0.25) is 24.0 Å². The maximum Gasteiger partial charge on any atom is 0.328 e. The van der Waals surface area contributed by atoms with E-state index in [4.69, 9.17) is 0 Å². The lowest BCUT2D eigenvalue weighted by Gasteiger charge is -2.36. The zero-order chi connectivity index (χ0) is 21.1. The largest absolute Gasteiger partial charge is 0.388 e. The first-order chi connectivity index (χ1) is 14.4. The summed E-state index contributed by atoms with van der Waals surface area (Å²) in [5.41, 5.74) is 0.812. The Morgan fingerprint density at radius 2 is 1.87 bits per heavy atom. The van der Waals surface area contributed by atoms with Crippen molar-refractivity contribution in [2.24, 2.45) is 0 Å². The van der Waals surface area contributed by atoms with E-state index >= 15 is 0 Å². The summed E-state index contributed by atoms with van der Waals surface area (Å²) < 4.78 is 1.20. The van der Waals surface area contributed by atoms with Gasteiger partial charge in [0.05, 0.1) is 5.60 Å². The lowest BCUT2D eigenvalue weighted by molar-refractivity contribution is -0.132. The van der Waals surface area contributed by atoms with Crippen LogP contribution < -0.4 is 11.2 Å². The standard InChI is InChI=1S/C22H28N4O4/c27-19-7-12-26(21(29)23-19)15-20(28)25-10-3-8-22(30,9-13-25)16-24-11-6-17-4-1-2-5-18(17)14-24/h1-2,4-5,7,12,30H,3,6,8-11,13-16H2,(H,23,27,29)/t22-/m1/s1. The van der Waals surface area contributed by atoms with Gasteiger partial charge in [0, 0.05) is 45.0 Å². The molecular weight excluding hydrogens is 384 g/mol. The molecule has 8 heteroatoms. The van der Waals surface area contributed by atoms with Crippen molar-refractivity contribution in [3.8, 4) is 0 Å². The third-order valence-electron chi connectivity index (χ3n) is 6.20. The van der Waals surface area contributed by atoms with Crippen LogP contribution in [-0.4, -0.2) is 62.1 Å². The Bertz CT molecular complexity index is 1030. The van der Waals surface area contributed by atoms with Crippen LogP contribution in [0.3, 0.4) is 0 Å². The molecule has 1 atom stereocenters. The van der Waals surface area contributed by atoms with Gasteiger partial charge >= 0.3 is 5.69 Å². The Morgan fingerprint density at radius 1 is 1.07 bits per heavy atom. The van der Waals surface area contributed by atoms with Crippen LogP contribution in [-0.2, 0) is 24.3 Å². The smallest absolute Gasteiger partial charge is 0.328 e. The summed E-state index contributed by atoms with van der Waals surface area (Å²) in [6.07, 6.45) is 4.20. The molecule has 2 N–H and O–H groups in total. The highest BCUT2D eigenvalue weighted by molar-refractivity contribution is 5.76. The van der Waals surface area contributed by atoms with E-state index in [0.29, 0.717) is 38.9 Å². The second-order valence-corrected chi connectivity index (χ2v) is 8.43. The van der Waals surface area contributed by atoms with E-state index in [9.17, 15) is 19.5 Å². The first-order valence-electron chi connectivity index (χ1n) is 10.5. The molecule has 4 rings (SSSR count). The minimum absolute atomic E-state index is 0.114. The molecule has 1 fully saturated rings. The number of β-amino-alcohol motifs (C(OH)–C–C–N with tert-alkyl or cyclic N) is 1. The van der Waals surface area contributed by atoms with Crippen molar-refractivity contribution < 1.29 is 9.90 Å². The van der Waals surface area contributed by atoms with Gasteiger partial charge in [-0.15, -0.1) is 0 Å². The number of aromatic nitrogens is 2. The number of amides is 1. The number of carbonyl (C=O) groups is 1. The number of nitrogens with one attached hydrogen (secondary N) is 1. The van der Waals surface area contributed by atoms with Crippen molar-refractivity contribution in [2.45, 2.75) is 44.4 Å². The van der Waals surface area contributed by atoms with Crippen LogP contribution in [0, 0.1) is 0 Å². The van der Waals surface area contributed by atoms with Crippen LogP contribution in [0.15, 0.2) is 46.1 Å². The highest BCUT2D eigenvalue weighted by Gasteiger charge is 2.34. The number of benzene rings is 1. The van der Waals surface area contributed by atoms with Crippen LogP contribution >= 0.6 is 0 Å². The van der Waals surface area contributed by atoms with E-state index in [1.807, 2.05) is 0 Å². The molecule has 0 aliphatic carbocycles. The van der Waals surface area contributed by atoms with E-state index in [1.54, 1.807) is 4.90 Å². The van der Waals surface area contributed by atoms with Crippen molar-refractivity contribution in [2.75, 3.05) is 26.2 Å². The minimum Gasteiger partial charge on any atom is -0.388 e. The molecule has 30 heavy (non-hydrogen) atoms. The normalized spacial score (nSPS) is 22.4. The Labute approximate surface area is 174 Å². The molecule has 1 amide bonds. The summed E-state index contributed by atoms with van der Waals surface area (Å²) in [5, 5.41) is 11.2. The highest BCUT2D eigenvalue weighted by atomic mass is 16.3. The van der Waals surface area contributed by atoms with Gasteiger partial charge in [0.15, 0.2) is 0 Å². The Hall–Kier alpha value is -2.71. The Balaban J connectivity index is 1.35. The van der Waals surface area contributed by atoms with E-state index in [-0.39, 0.29) is 12.5 Å². The minimum atomic E-state index is -0.823. The third-order valence-corrected chi connectivity index (χ3v) is 6.20. The van der Waals surface area contributed by atoms with E-state index in [2.05, 4.69) is 34.1 Å². The maximum atomic E-state index is 12.7. The fourth-order valence-corrected chi connectivity index (χ4v) is 4.51. The molecule has 1 aromatic heterocycles. The van der Waals surface area contributed by atoms with Crippen LogP contribution in [0.1, 0.15) is 30.4 Å². The molecular formula is C22H28N4O4. The number of rotatable bonds is 4. The van der Waals surface area contributed by atoms with Crippen LogP contribution in [0.4, 0.5) is 0 Å². The molecule has 1 aromatic carbocycles. The lowest BCUT2D eigenvalue weighted by atomic mass is 9.92. The predicted octanol–water partition coefficient (Wildman–Crippen LogP) is 0.339. The molecule has 1 saturated heterocycles. The molecule has 2 aliphatic heterocycles. The molecule has 8 nitrogen and oxygen atoms in total. The SMILES string of the molecule is O=C(Cn1ccc(=O)[nH]c1=O)N1CCC[C@](O)(CN2CCc3ccccc3C2)CC1. The molecule has 3 heterocycles. The van der Waals surface area contributed by atoms with Gasteiger partial charge in [-0.2, -0.15) is 0 Å². The summed E-state index contributed by atoms with van der Waals surface area (Å²) in [6, 6.07) is 9.68. The van der Waals surface area contributed by atoms with Crippen molar-refractivity contribution in [1.82, 2.24) is 19.4 Å². The summed E-state index contributed by atoms with van der Waals surface area (Å²) in [6.45, 7) is 3.27. The van der Waals surface area contributed by atoms with Gasteiger partial charge < -0.3 is 10.0 Å². The van der Waals surface area contributed by atoms with Crippen LogP contribution in [0.5, 0.6) is 0 Å².